The van der Waals surface area contributed by atoms with Crippen LogP contribution in [-0.2, 0) is 9.53 Å². The van der Waals surface area contributed by atoms with Crippen molar-refractivity contribution >= 4 is 11.9 Å². The second-order valence-electron chi connectivity index (χ2n) is 3.38. The largest absolute Gasteiger partial charge is 0.465 e. The Kier molecular flexibility index (Phi) is 4.29. The van der Waals surface area contributed by atoms with Gasteiger partial charge in [-0.3, -0.25) is 9.59 Å². The van der Waals surface area contributed by atoms with Crippen LogP contribution < -0.4 is 0 Å². The zero-order chi connectivity index (χ0) is 12.8. The molecule has 0 bridgehead atoms. The monoisotopic (exact) mass is 235 g/mol. The molecule has 0 fully saturated rings. The average molecular weight is 235 g/mol. The molecule has 17 heavy (non-hydrogen) atoms. The molecule has 1 rings (SSSR count). The Morgan fingerprint density at radius 2 is 2.29 bits per heavy atom. The highest BCUT2D eigenvalue weighted by atomic mass is 16.5. The molecule has 0 aliphatic rings. The molecule has 1 aromatic rings. The molecule has 90 valence electrons. The van der Waals surface area contributed by atoms with Crippen molar-refractivity contribution in [2.24, 2.45) is 0 Å². The quantitative estimate of drug-likeness (QED) is 0.771. The van der Waals surface area contributed by atoms with E-state index >= 15 is 0 Å². The third-order valence-corrected chi connectivity index (χ3v) is 2.07. The molecule has 0 unspecified atom stereocenters. The van der Waals surface area contributed by atoms with E-state index < -0.39 is 5.97 Å². The Balaban J connectivity index is 2.64. The maximum atomic E-state index is 11.8. The minimum atomic E-state index is -0.459. The second-order valence-corrected chi connectivity index (χ2v) is 3.38. The summed E-state index contributed by atoms with van der Waals surface area (Å²) in [6.45, 7) is 1.87. The molecule has 6 heteroatoms. The molecule has 1 aromatic heterocycles. The van der Waals surface area contributed by atoms with Crippen molar-refractivity contribution < 1.29 is 14.3 Å². The minimum absolute atomic E-state index is 0.111. The zero-order valence-electron chi connectivity index (χ0n) is 9.69. The maximum absolute atomic E-state index is 11.8. The third kappa shape index (κ3) is 3.34. The lowest BCUT2D eigenvalue weighted by Gasteiger charge is -2.14. The standard InChI is InChI=1S/C11H13N3O3/c1-3-17-10(15)7-14(2)11(16)8-4-9(5-12)13-6-8/h4,6,13H,3,7H2,1-2H3. The van der Waals surface area contributed by atoms with E-state index in [9.17, 15) is 9.59 Å². The number of rotatable bonds is 4. The van der Waals surface area contributed by atoms with Gasteiger partial charge in [-0.05, 0) is 13.0 Å². The van der Waals surface area contributed by atoms with Crippen molar-refractivity contribution in [3.8, 4) is 6.07 Å². The van der Waals surface area contributed by atoms with E-state index in [1.54, 1.807) is 6.92 Å². The molecular formula is C11H13N3O3. The van der Waals surface area contributed by atoms with Crippen LogP contribution in [0.1, 0.15) is 23.0 Å². The van der Waals surface area contributed by atoms with Crippen LogP contribution in [0.5, 0.6) is 0 Å². The summed E-state index contributed by atoms with van der Waals surface area (Å²) in [4.78, 5) is 26.9. The van der Waals surface area contributed by atoms with E-state index in [2.05, 4.69) is 4.98 Å². The van der Waals surface area contributed by atoms with Gasteiger partial charge < -0.3 is 14.6 Å². The van der Waals surface area contributed by atoms with Crippen molar-refractivity contribution in [2.45, 2.75) is 6.92 Å². The maximum Gasteiger partial charge on any atom is 0.325 e. The molecular weight excluding hydrogens is 222 g/mol. The molecule has 0 atom stereocenters. The van der Waals surface area contributed by atoms with E-state index in [1.165, 1.54) is 24.2 Å². The molecule has 1 heterocycles. The van der Waals surface area contributed by atoms with Gasteiger partial charge in [0.05, 0.1) is 12.2 Å². The fraction of sp³-hybridized carbons (Fsp3) is 0.364. The van der Waals surface area contributed by atoms with Crippen LogP contribution >= 0.6 is 0 Å². The number of carbonyl (C=O) groups excluding carboxylic acids is 2. The van der Waals surface area contributed by atoms with Gasteiger partial charge in [-0.15, -0.1) is 0 Å². The zero-order valence-corrected chi connectivity index (χ0v) is 9.69. The lowest BCUT2D eigenvalue weighted by molar-refractivity contribution is -0.143. The molecule has 0 radical (unpaired) electrons. The number of nitrogens with one attached hydrogen (secondary N) is 1. The Labute approximate surface area is 98.8 Å². The topological polar surface area (TPSA) is 86.2 Å². The smallest absolute Gasteiger partial charge is 0.325 e. The predicted molar refractivity (Wildman–Crippen MR) is 59.1 cm³/mol. The summed E-state index contributed by atoms with van der Waals surface area (Å²) >= 11 is 0. The second kappa shape index (κ2) is 5.70. The highest BCUT2D eigenvalue weighted by molar-refractivity contribution is 5.95. The lowest BCUT2D eigenvalue weighted by atomic mass is 10.3. The van der Waals surface area contributed by atoms with Gasteiger partial charge in [-0.25, -0.2) is 0 Å². The van der Waals surface area contributed by atoms with Gasteiger partial charge in [0.1, 0.15) is 18.3 Å². The number of amides is 1. The van der Waals surface area contributed by atoms with Crippen molar-refractivity contribution in [2.75, 3.05) is 20.2 Å². The van der Waals surface area contributed by atoms with Gasteiger partial charge in [0, 0.05) is 13.2 Å². The highest BCUT2D eigenvalue weighted by Crippen LogP contribution is 2.05. The summed E-state index contributed by atoms with van der Waals surface area (Å²) < 4.78 is 4.73. The van der Waals surface area contributed by atoms with E-state index in [0.29, 0.717) is 11.3 Å². The van der Waals surface area contributed by atoms with E-state index in [1.807, 2.05) is 6.07 Å². The first-order valence-corrected chi connectivity index (χ1v) is 5.08. The molecule has 1 amide bonds. The number of hydrogen-bond donors (Lipinski definition) is 1. The van der Waals surface area contributed by atoms with Gasteiger partial charge in [-0.2, -0.15) is 5.26 Å². The van der Waals surface area contributed by atoms with Gasteiger partial charge in [0.2, 0.25) is 0 Å². The van der Waals surface area contributed by atoms with Gasteiger partial charge >= 0.3 is 5.97 Å². The first kappa shape index (κ1) is 12.8. The number of nitriles is 1. The summed E-state index contributed by atoms with van der Waals surface area (Å²) in [5.74, 6) is -0.796. The van der Waals surface area contributed by atoms with E-state index in [-0.39, 0.29) is 19.1 Å². The molecule has 0 saturated heterocycles. The average Bonchev–Trinajstić information content (AvgIpc) is 2.76. The third-order valence-electron chi connectivity index (χ3n) is 2.07. The molecule has 6 nitrogen and oxygen atoms in total. The molecule has 0 spiro atoms. The number of hydrogen-bond acceptors (Lipinski definition) is 4. The number of carbonyl (C=O) groups is 2. The molecule has 0 saturated carbocycles. The summed E-state index contributed by atoms with van der Waals surface area (Å²) in [6, 6.07) is 3.32. The normalized spacial score (nSPS) is 9.47. The minimum Gasteiger partial charge on any atom is -0.465 e. The fourth-order valence-electron chi connectivity index (χ4n) is 1.27. The summed E-state index contributed by atoms with van der Waals surface area (Å²) in [7, 11) is 1.50. The van der Waals surface area contributed by atoms with Crippen molar-refractivity contribution in [3.05, 3.63) is 23.5 Å². The summed E-state index contributed by atoms with van der Waals surface area (Å²) in [5.41, 5.74) is 0.645. The van der Waals surface area contributed by atoms with Gasteiger partial charge in [0.15, 0.2) is 0 Å². The van der Waals surface area contributed by atoms with Gasteiger partial charge in [0.25, 0.3) is 5.91 Å². The van der Waals surface area contributed by atoms with Crippen LogP contribution in [0, 0.1) is 11.3 Å². The van der Waals surface area contributed by atoms with E-state index in [0.717, 1.165) is 0 Å². The first-order chi connectivity index (χ1) is 8.08. The number of esters is 1. The number of H-pyrrole nitrogens is 1. The molecule has 0 aromatic carbocycles. The Bertz CT molecular complexity index is 459. The summed E-state index contributed by atoms with van der Waals surface area (Å²) in [6.07, 6.45) is 1.43. The SMILES string of the molecule is CCOC(=O)CN(C)C(=O)c1c[nH]c(C#N)c1. The molecule has 0 aliphatic heterocycles. The first-order valence-electron chi connectivity index (χ1n) is 5.08. The molecule has 0 aliphatic carbocycles. The Hall–Kier alpha value is -2.29. The Morgan fingerprint density at radius 1 is 1.59 bits per heavy atom. The van der Waals surface area contributed by atoms with Crippen molar-refractivity contribution in [1.29, 1.82) is 5.26 Å². The molecule has 1 N–H and O–H groups in total. The van der Waals surface area contributed by atoms with Crippen LogP contribution in [0.3, 0.4) is 0 Å². The van der Waals surface area contributed by atoms with Crippen molar-refractivity contribution in [1.82, 2.24) is 9.88 Å². The number of aromatic amines is 1. The highest BCUT2D eigenvalue weighted by Gasteiger charge is 2.16. The van der Waals surface area contributed by atoms with Crippen LogP contribution in [0.2, 0.25) is 0 Å². The Morgan fingerprint density at radius 3 is 2.82 bits per heavy atom. The fourth-order valence-corrected chi connectivity index (χ4v) is 1.27. The van der Waals surface area contributed by atoms with Crippen LogP contribution in [0.25, 0.3) is 0 Å². The number of likely N-dealkylation sites (N-methyl/N-ethyl adjacent to an activating group) is 1. The number of aromatic nitrogens is 1. The predicted octanol–water partition coefficient (Wildman–Crippen LogP) is 0.521. The number of ether oxygens (including phenoxy) is 1. The lowest BCUT2D eigenvalue weighted by Crippen LogP contribution is -2.32. The van der Waals surface area contributed by atoms with Crippen LogP contribution in [0.4, 0.5) is 0 Å². The number of nitrogens with zero attached hydrogens (tertiary/aromatic N) is 2. The van der Waals surface area contributed by atoms with Crippen molar-refractivity contribution in [3.63, 3.8) is 0 Å². The summed E-state index contributed by atoms with van der Waals surface area (Å²) in [5, 5.41) is 8.61. The van der Waals surface area contributed by atoms with E-state index in [4.69, 9.17) is 10.00 Å². The van der Waals surface area contributed by atoms with Crippen LogP contribution in [0.15, 0.2) is 12.3 Å². The van der Waals surface area contributed by atoms with Gasteiger partial charge in [-0.1, -0.05) is 0 Å². The van der Waals surface area contributed by atoms with Crippen LogP contribution in [-0.4, -0.2) is 42.0 Å².